The van der Waals surface area contributed by atoms with Gasteiger partial charge in [0.1, 0.15) is 6.42 Å². The van der Waals surface area contributed by atoms with E-state index in [1.807, 2.05) is 6.92 Å². The lowest BCUT2D eigenvalue weighted by Gasteiger charge is -1.96. The summed E-state index contributed by atoms with van der Waals surface area (Å²) < 4.78 is 4.89. The van der Waals surface area contributed by atoms with E-state index in [2.05, 4.69) is 27.7 Å². The summed E-state index contributed by atoms with van der Waals surface area (Å²) in [6.45, 7) is 2.45. The lowest BCUT2D eigenvalue weighted by Crippen LogP contribution is -2.24. The van der Waals surface area contributed by atoms with Crippen molar-refractivity contribution >= 4 is 18.1 Å². The third-order valence-electron chi connectivity index (χ3n) is 1.17. The second kappa shape index (κ2) is 4.01. The highest BCUT2D eigenvalue weighted by atomic mass is 32.1. The number of hydrogen-bond donors (Lipinski definition) is 2. The fraction of sp³-hybridized carbons (Fsp3) is 0.500. The molecule has 0 bridgehead atoms. The topological polar surface area (TPSA) is 70.9 Å². The number of aromatic amines is 1. The number of amides is 1. The van der Waals surface area contributed by atoms with Crippen LogP contribution in [0.15, 0.2) is 4.42 Å². The van der Waals surface area contributed by atoms with Gasteiger partial charge >= 0.3 is 0 Å². The maximum absolute atomic E-state index is 11.0. The van der Waals surface area contributed by atoms with Crippen LogP contribution in [0, 0.1) is 4.84 Å². The average Bonchev–Trinajstić information content (AvgIpc) is 2.36. The van der Waals surface area contributed by atoms with Gasteiger partial charge in [-0.3, -0.25) is 4.79 Å². The van der Waals surface area contributed by atoms with Crippen LogP contribution < -0.4 is 5.32 Å². The molecule has 0 atom stereocenters. The van der Waals surface area contributed by atoms with E-state index in [0.29, 0.717) is 12.4 Å². The number of carbonyl (C=O) groups is 1. The molecule has 12 heavy (non-hydrogen) atoms. The van der Waals surface area contributed by atoms with Crippen molar-refractivity contribution in [2.45, 2.75) is 13.3 Å². The molecular weight excluding hydrogens is 178 g/mol. The Morgan fingerprint density at radius 2 is 2.58 bits per heavy atom. The van der Waals surface area contributed by atoms with E-state index in [0.717, 1.165) is 0 Å². The number of nitrogens with one attached hydrogen (secondary N) is 2. The molecule has 0 fully saturated rings. The molecule has 66 valence electrons. The van der Waals surface area contributed by atoms with Gasteiger partial charge in [0, 0.05) is 6.54 Å². The Morgan fingerprint density at radius 3 is 3.08 bits per heavy atom. The summed E-state index contributed by atoms with van der Waals surface area (Å²) in [4.78, 5) is 11.2. The van der Waals surface area contributed by atoms with Gasteiger partial charge in [0.15, 0.2) is 0 Å². The summed E-state index contributed by atoms with van der Waals surface area (Å²) in [5, 5.41) is 8.73. The third-order valence-corrected chi connectivity index (χ3v) is 1.34. The number of likely N-dealkylation sites (N-methyl/N-ethyl adjacent to an activating group) is 1. The van der Waals surface area contributed by atoms with Crippen LogP contribution in [0.5, 0.6) is 0 Å². The largest absolute Gasteiger partial charge is 0.414 e. The minimum atomic E-state index is -0.122. The summed E-state index contributed by atoms with van der Waals surface area (Å²) >= 11 is 4.63. The first kappa shape index (κ1) is 8.92. The Bertz CT molecular complexity index is 317. The lowest BCUT2D eigenvalue weighted by atomic mass is 10.4. The molecule has 0 unspecified atom stereocenters. The molecule has 0 saturated heterocycles. The molecule has 0 radical (unpaired) electrons. The fourth-order valence-corrected chi connectivity index (χ4v) is 0.875. The molecule has 0 aliphatic heterocycles. The molecule has 1 amide bonds. The van der Waals surface area contributed by atoms with Crippen molar-refractivity contribution in [2.24, 2.45) is 0 Å². The zero-order valence-electron chi connectivity index (χ0n) is 6.59. The van der Waals surface area contributed by atoms with Gasteiger partial charge < -0.3 is 9.73 Å². The standard InChI is InChI=1S/C6H9N3O2S/c1-2-7-4(10)3-5-8-9-6(12)11-5/h2-3H2,1H3,(H,7,10)(H,9,12). The van der Waals surface area contributed by atoms with Gasteiger partial charge in [-0.1, -0.05) is 0 Å². The molecule has 2 N–H and O–H groups in total. The first-order valence-electron chi connectivity index (χ1n) is 3.53. The predicted molar refractivity (Wildman–Crippen MR) is 44.1 cm³/mol. The van der Waals surface area contributed by atoms with Gasteiger partial charge in [-0.2, -0.15) is 0 Å². The van der Waals surface area contributed by atoms with Crippen molar-refractivity contribution < 1.29 is 9.21 Å². The minimum absolute atomic E-state index is 0.122. The van der Waals surface area contributed by atoms with E-state index in [1.165, 1.54) is 0 Å². The molecule has 6 heteroatoms. The smallest absolute Gasteiger partial charge is 0.284 e. The van der Waals surface area contributed by atoms with Crippen LogP contribution in [0.2, 0.25) is 0 Å². The molecule has 0 aliphatic carbocycles. The Hall–Kier alpha value is -1.17. The lowest BCUT2D eigenvalue weighted by molar-refractivity contribution is -0.120. The van der Waals surface area contributed by atoms with E-state index in [-0.39, 0.29) is 17.2 Å². The molecule has 0 saturated carbocycles. The summed E-state index contributed by atoms with van der Waals surface area (Å²) in [6, 6.07) is 0. The number of aromatic nitrogens is 2. The van der Waals surface area contributed by atoms with Crippen LogP contribution in [-0.2, 0) is 11.2 Å². The van der Waals surface area contributed by atoms with Gasteiger partial charge in [0.25, 0.3) is 4.84 Å². The normalized spacial score (nSPS) is 9.75. The minimum Gasteiger partial charge on any atom is -0.414 e. The van der Waals surface area contributed by atoms with E-state index < -0.39 is 0 Å². The SMILES string of the molecule is CCNC(=O)Cc1n[nH]c(=S)o1. The van der Waals surface area contributed by atoms with Crippen LogP contribution in [0.1, 0.15) is 12.8 Å². The maximum atomic E-state index is 11.0. The monoisotopic (exact) mass is 187 g/mol. The van der Waals surface area contributed by atoms with Crippen molar-refractivity contribution in [3.8, 4) is 0 Å². The van der Waals surface area contributed by atoms with Crippen molar-refractivity contribution in [1.29, 1.82) is 0 Å². The number of carbonyl (C=O) groups excluding carboxylic acids is 1. The molecule has 0 aromatic carbocycles. The Balaban J connectivity index is 2.52. The second-order valence-electron chi connectivity index (χ2n) is 2.14. The van der Waals surface area contributed by atoms with E-state index in [9.17, 15) is 4.79 Å². The van der Waals surface area contributed by atoms with Crippen molar-refractivity contribution in [2.75, 3.05) is 6.54 Å². The summed E-state index contributed by atoms with van der Waals surface area (Å²) in [5.41, 5.74) is 0. The van der Waals surface area contributed by atoms with E-state index in [4.69, 9.17) is 4.42 Å². The molecular formula is C6H9N3O2S. The van der Waals surface area contributed by atoms with Crippen molar-refractivity contribution in [3.05, 3.63) is 10.7 Å². The highest BCUT2D eigenvalue weighted by molar-refractivity contribution is 7.71. The summed E-state index contributed by atoms with van der Waals surface area (Å²) in [6.07, 6.45) is 0.126. The highest BCUT2D eigenvalue weighted by Gasteiger charge is 2.05. The Morgan fingerprint density at radius 1 is 1.83 bits per heavy atom. The van der Waals surface area contributed by atoms with Crippen LogP contribution in [0.3, 0.4) is 0 Å². The Kier molecular flexibility index (Phi) is 2.98. The quantitative estimate of drug-likeness (QED) is 0.672. The van der Waals surface area contributed by atoms with Gasteiger partial charge in [-0.05, 0) is 19.1 Å². The molecule has 1 heterocycles. The van der Waals surface area contributed by atoms with Gasteiger partial charge in [-0.25, -0.2) is 5.10 Å². The second-order valence-corrected chi connectivity index (χ2v) is 2.51. The molecule has 1 aromatic rings. The van der Waals surface area contributed by atoms with Crippen molar-refractivity contribution in [3.63, 3.8) is 0 Å². The van der Waals surface area contributed by atoms with Gasteiger partial charge in [0.2, 0.25) is 11.8 Å². The third kappa shape index (κ3) is 2.46. The highest BCUT2D eigenvalue weighted by Crippen LogP contribution is 1.94. The van der Waals surface area contributed by atoms with Crippen LogP contribution >= 0.6 is 12.2 Å². The molecule has 1 aromatic heterocycles. The zero-order valence-corrected chi connectivity index (χ0v) is 7.40. The summed E-state index contributed by atoms with van der Waals surface area (Å²) in [7, 11) is 0. The number of rotatable bonds is 3. The Labute approximate surface area is 74.2 Å². The first-order chi connectivity index (χ1) is 5.72. The molecule has 1 rings (SSSR count). The zero-order chi connectivity index (χ0) is 8.97. The number of nitrogens with zero attached hydrogens (tertiary/aromatic N) is 1. The first-order valence-corrected chi connectivity index (χ1v) is 3.94. The van der Waals surface area contributed by atoms with Crippen LogP contribution in [0.25, 0.3) is 0 Å². The van der Waals surface area contributed by atoms with Gasteiger partial charge in [-0.15, -0.1) is 5.10 Å². The van der Waals surface area contributed by atoms with Crippen LogP contribution in [0.4, 0.5) is 0 Å². The van der Waals surface area contributed by atoms with Gasteiger partial charge in [0.05, 0.1) is 0 Å². The summed E-state index contributed by atoms with van der Waals surface area (Å²) in [5.74, 6) is 0.189. The predicted octanol–water partition coefficient (Wildman–Crippen LogP) is 0.411. The molecule has 0 aliphatic rings. The van der Waals surface area contributed by atoms with E-state index in [1.54, 1.807) is 0 Å². The average molecular weight is 187 g/mol. The molecule has 0 spiro atoms. The number of hydrogen-bond acceptors (Lipinski definition) is 4. The maximum Gasteiger partial charge on any atom is 0.284 e. The molecule has 5 nitrogen and oxygen atoms in total. The van der Waals surface area contributed by atoms with Crippen molar-refractivity contribution in [1.82, 2.24) is 15.5 Å². The van der Waals surface area contributed by atoms with E-state index >= 15 is 0 Å². The van der Waals surface area contributed by atoms with Crippen LogP contribution in [-0.4, -0.2) is 22.6 Å². The fourth-order valence-electron chi connectivity index (χ4n) is 0.733. The number of H-pyrrole nitrogens is 1.